The molecule has 1 unspecified atom stereocenters. The minimum absolute atomic E-state index is 0.0918. The van der Waals surface area contributed by atoms with Crippen molar-refractivity contribution in [2.45, 2.75) is 70.9 Å². The number of nitrogens with one attached hydrogen (secondary N) is 1. The Kier molecular flexibility index (Phi) is 10.7. The molecule has 1 atom stereocenters. The van der Waals surface area contributed by atoms with E-state index in [9.17, 15) is 31.5 Å². The number of hydrogen-bond donors (Lipinski definition) is 2. The molecule has 0 bridgehead atoms. The third kappa shape index (κ3) is 10.2. The van der Waals surface area contributed by atoms with E-state index in [-0.39, 0.29) is 49.4 Å². The second kappa shape index (κ2) is 13.7. The molecule has 1 heterocycles. The maximum atomic E-state index is 14.2. The van der Waals surface area contributed by atoms with Crippen molar-refractivity contribution in [3.8, 4) is 11.8 Å². The van der Waals surface area contributed by atoms with Gasteiger partial charge in [0.15, 0.2) is 0 Å². The first-order valence-electron chi connectivity index (χ1n) is 13.7. The molecule has 1 amide bonds. The number of carbonyl (C=O) groups excluding carboxylic acids is 1. The van der Waals surface area contributed by atoms with Crippen LogP contribution in [0.25, 0.3) is 6.08 Å². The zero-order chi connectivity index (χ0) is 32.0. The molecule has 2 aromatic rings. The molecule has 1 saturated heterocycles. The maximum Gasteiger partial charge on any atom is 0.420 e. The van der Waals surface area contributed by atoms with Crippen LogP contribution in [0.15, 0.2) is 42.5 Å². The molecular formula is C30H36F3N3O6S. The first-order chi connectivity index (χ1) is 20.0. The number of aliphatic hydroxyl groups is 1. The van der Waals surface area contributed by atoms with E-state index in [1.54, 1.807) is 51.1 Å². The van der Waals surface area contributed by atoms with Crippen molar-refractivity contribution >= 4 is 27.9 Å². The number of hydrogen-bond acceptors (Lipinski definition) is 7. The number of rotatable bonds is 9. The quantitative estimate of drug-likeness (QED) is 0.365. The lowest BCUT2D eigenvalue weighted by Crippen LogP contribution is -2.44. The van der Waals surface area contributed by atoms with Gasteiger partial charge >= 0.3 is 12.3 Å². The van der Waals surface area contributed by atoms with E-state index < -0.39 is 51.4 Å². The SMILES string of the molecule is CCS(=O)(=O)Nc1cc(C(F)(F)F)c(OC2CCN(C(=O)OC(C)(C)C)CC2)cc1CC(O)/C=C/c1cccc(C#N)c1. The Hall–Kier alpha value is -3.76. The van der Waals surface area contributed by atoms with Gasteiger partial charge in [-0.2, -0.15) is 18.4 Å². The van der Waals surface area contributed by atoms with Gasteiger partial charge in [-0.05, 0) is 63.1 Å². The predicted molar refractivity (Wildman–Crippen MR) is 156 cm³/mol. The van der Waals surface area contributed by atoms with Crippen molar-refractivity contribution in [1.82, 2.24) is 4.90 Å². The summed E-state index contributed by atoms with van der Waals surface area (Å²) in [5.41, 5.74) is -1.05. The van der Waals surface area contributed by atoms with E-state index >= 15 is 0 Å². The van der Waals surface area contributed by atoms with Crippen molar-refractivity contribution in [1.29, 1.82) is 5.26 Å². The third-order valence-electron chi connectivity index (χ3n) is 6.50. The molecule has 0 radical (unpaired) electrons. The molecule has 0 aliphatic carbocycles. The number of aliphatic hydroxyl groups excluding tert-OH is 1. The molecule has 234 valence electrons. The fourth-order valence-electron chi connectivity index (χ4n) is 4.33. The van der Waals surface area contributed by atoms with Crippen molar-refractivity contribution in [3.05, 3.63) is 64.7 Å². The molecule has 9 nitrogen and oxygen atoms in total. The summed E-state index contributed by atoms with van der Waals surface area (Å²) in [6, 6.07) is 10.4. The Balaban J connectivity index is 1.89. The minimum atomic E-state index is -4.87. The predicted octanol–water partition coefficient (Wildman–Crippen LogP) is 5.73. The van der Waals surface area contributed by atoms with E-state index in [2.05, 4.69) is 4.72 Å². The molecule has 1 aliphatic heterocycles. The van der Waals surface area contributed by atoms with Gasteiger partial charge in [0.25, 0.3) is 0 Å². The van der Waals surface area contributed by atoms with Crippen LogP contribution in [-0.2, 0) is 27.4 Å². The molecule has 3 rings (SSSR count). The number of nitriles is 1. The molecule has 0 spiro atoms. The van der Waals surface area contributed by atoms with Crippen LogP contribution >= 0.6 is 0 Å². The largest absolute Gasteiger partial charge is 0.490 e. The number of carbonyl (C=O) groups is 1. The van der Waals surface area contributed by atoms with E-state index in [1.165, 1.54) is 17.9 Å². The van der Waals surface area contributed by atoms with Crippen LogP contribution in [0.2, 0.25) is 0 Å². The Bertz CT molecular complexity index is 1470. The van der Waals surface area contributed by atoms with Crippen LogP contribution in [0.3, 0.4) is 0 Å². The molecule has 0 aromatic heterocycles. The molecule has 43 heavy (non-hydrogen) atoms. The zero-order valence-electron chi connectivity index (χ0n) is 24.4. The minimum Gasteiger partial charge on any atom is -0.490 e. The van der Waals surface area contributed by atoms with E-state index in [0.29, 0.717) is 17.2 Å². The number of ether oxygens (including phenoxy) is 2. The van der Waals surface area contributed by atoms with Gasteiger partial charge < -0.3 is 19.5 Å². The second-order valence-electron chi connectivity index (χ2n) is 11.2. The lowest BCUT2D eigenvalue weighted by atomic mass is 10.0. The number of nitrogens with zero attached hydrogens (tertiary/aromatic N) is 2. The number of amides is 1. The van der Waals surface area contributed by atoms with E-state index in [0.717, 1.165) is 6.07 Å². The standard InChI is InChI=1S/C30H36F3N3O6S/c1-5-43(39,40)35-26-18-25(30(31,32)33)27(41-24-11-13-36(14-12-24)28(38)42-29(2,3)4)17-22(26)16-23(37)10-9-20-7-6-8-21(15-20)19-34/h6-10,15,17-18,23-24,35,37H,5,11-14,16H2,1-4H3/b10-9+. The van der Waals surface area contributed by atoms with Gasteiger partial charge in [-0.15, -0.1) is 0 Å². The van der Waals surface area contributed by atoms with Crippen molar-refractivity contribution in [2.24, 2.45) is 0 Å². The van der Waals surface area contributed by atoms with Gasteiger partial charge in [-0.25, -0.2) is 13.2 Å². The van der Waals surface area contributed by atoms with Crippen LogP contribution < -0.4 is 9.46 Å². The fourth-order valence-corrected chi connectivity index (χ4v) is 5.00. The Morgan fingerprint density at radius 3 is 2.47 bits per heavy atom. The lowest BCUT2D eigenvalue weighted by Gasteiger charge is -2.34. The van der Waals surface area contributed by atoms with Crippen LogP contribution in [0.5, 0.6) is 5.75 Å². The average Bonchev–Trinajstić information content (AvgIpc) is 2.92. The molecular weight excluding hydrogens is 587 g/mol. The highest BCUT2D eigenvalue weighted by atomic mass is 32.2. The van der Waals surface area contributed by atoms with E-state index in [4.69, 9.17) is 14.7 Å². The number of sulfonamides is 1. The highest BCUT2D eigenvalue weighted by Crippen LogP contribution is 2.41. The first kappa shape index (κ1) is 33.7. The molecule has 2 N–H and O–H groups in total. The number of halogens is 3. The number of alkyl halides is 3. The average molecular weight is 624 g/mol. The summed E-state index contributed by atoms with van der Waals surface area (Å²) in [5.74, 6) is -0.879. The molecule has 1 aliphatic rings. The number of anilines is 1. The Morgan fingerprint density at radius 1 is 1.21 bits per heavy atom. The van der Waals surface area contributed by atoms with Gasteiger partial charge in [0.1, 0.15) is 17.5 Å². The maximum absolute atomic E-state index is 14.2. The first-order valence-corrected chi connectivity index (χ1v) is 15.4. The molecule has 13 heteroatoms. The van der Waals surface area contributed by atoms with Crippen molar-refractivity contribution in [2.75, 3.05) is 23.6 Å². The summed E-state index contributed by atoms with van der Waals surface area (Å²) in [6.07, 6.45) is -4.02. The molecule has 1 fully saturated rings. The highest BCUT2D eigenvalue weighted by Gasteiger charge is 2.37. The summed E-state index contributed by atoms with van der Waals surface area (Å²) in [7, 11) is -3.96. The summed E-state index contributed by atoms with van der Waals surface area (Å²) in [6.45, 7) is 7.00. The van der Waals surface area contributed by atoms with Crippen LogP contribution in [-0.4, -0.2) is 61.2 Å². The van der Waals surface area contributed by atoms with Gasteiger partial charge in [-0.3, -0.25) is 4.72 Å². The fraction of sp³-hybridized carbons (Fsp3) is 0.467. The van der Waals surface area contributed by atoms with Gasteiger partial charge in [0.05, 0.1) is 34.7 Å². The summed E-state index contributed by atoms with van der Waals surface area (Å²) >= 11 is 0. The lowest BCUT2D eigenvalue weighted by molar-refractivity contribution is -0.139. The zero-order valence-corrected chi connectivity index (χ0v) is 25.3. The molecule has 2 aromatic carbocycles. The number of benzene rings is 2. The normalized spacial score (nSPS) is 15.7. The monoisotopic (exact) mass is 623 g/mol. The van der Waals surface area contributed by atoms with Crippen LogP contribution in [0.4, 0.5) is 23.7 Å². The summed E-state index contributed by atoms with van der Waals surface area (Å²) < 4.78 is 80.6. The van der Waals surface area contributed by atoms with Crippen LogP contribution in [0.1, 0.15) is 62.8 Å². The Labute approximate surface area is 250 Å². The number of likely N-dealkylation sites (tertiary alicyclic amines) is 1. The summed E-state index contributed by atoms with van der Waals surface area (Å²) in [4.78, 5) is 13.8. The highest BCUT2D eigenvalue weighted by molar-refractivity contribution is 7.92. The van der Waals surface area contributed by atoms with Gasteiger partial charge in [0, 0.05) is 32.4 Å². The summed E-state index contributed by atoms with van der Waals surface area (Å²) in [5, 5.41) is 19.8. The third-order valence-corrected chi connectivity index (χ3v) is 7.79. The van der Waals surface area contributed by atoms with Gasteiger partial charge in [0.2, 0.25) is 10.0 Å². The van der Waals surface area contributed by atoms with Gasteiger partial charge in [-0.1, -0.05) is 24.3 Å². The van der Waals surface area contributed by atoms with Crippen molar-refractivity contribution < 1.29 is 41.0 Å². The second-order valence-corrected chi connectivity index (χ2v) is 13.2. The number of piperidine rings is 1. The topological polar surface area (TPSA) is 129 Å². The smallest absolute Gasteiger partial charge is 0.420 e. The molecule has 0 saturated carbocycles. The van der Waals surface area contributed by atoms with Crippen molar-refractivity contribution in [3.63, 3.8) is 0 Å². The van der Waals surface area contributed by atoms with E-state index in [1.807, 2.05) is 6.07 Å². The Morgan fingerprint density at radius 2 is 1.88 bits per heavy atom. The van der Waals surface area contributed by atoms with Crippen LogP contribution in [0, 0.1) is 11.3 Å².